The van der Waals surface area contributed by atoms with Crippen LogP contribution in [0.3, 0.4) is 0 Å². The molecule has 2 rings (SSSR count). The highest BCUT2D eigenvalue weighted by molar-refractivity contribution is 5.69. The van der Waals surface area contributed by atoms with Gasteiger partial charge in [-0.25, -0.2) is 4.39 Å². The molecule has 18 heavy (non-hydrogen) atoms. The van der Waals surface area contributed by atoms with Crippen LogP contribution in [0.15, 0.2) is 16.7 Å². The van der Waals surface area contributed by atoms with Gasteiger partial charge in [0.2, 0.25) is 11.7 Å². The highest BCUT2D eigenvalue weighted by Gasteiger charge is 2.24. The highest BCUT2D eigenvalue weighted by atomic mass is 19.1. The molecule has 0 saturated heterocycles. The van der Waals surface area contributed by atoms with E-state index in [1.54, 1.807) is 0 Å². The van der Waals surface area contributed by atoms with Gasteiger partial charge in [0.05, 0.1) is 11.0 Å². The van der Waals surface area contributed by atoms with Crippen molar-refractivity contribution in [3.8, 4) is 11.3 Å². The SMILES string of the molecule is Cc1c(-c2cc(F)cc([N+](=O)[O-])c2F)noc1N. The van der Waals surface area contributed by atoms with Crippen LogP contribution in [0.5, 0.6) is 0 Å². The summed E-state index contributed by atoms with van der Waals surface area (Å²) in [6, 6.07) is 1.30. The normalized spacial score (nSPS) is 10.6. The number of hydrogen-bond donors (Lipinski definition) is 1. The topological polar surface area (TPSA) is 95.2 Å². The number of nitrogens with two attached hydrogens (primary N) is 1. The van der Waals surface area contributed by atoms with Crippen LogP contribution in [0, 0.1) is 28.7 Å². The average molecular weight is 255 g/mol. The molecule has 0 fully saturated rings. The fourth-order valence-corrected chi connectivity index (χ4v) is 1.48. The van der Waals surface area contributed by atoms with Crippen molar-refractivity contribution in [1.29, 1.82) is 0 Å². The molecule has 0 aliphatic heterocycles. The van der Waals surface area contributed by atoms with E-state index >= 15 is 0 Å². The predicted octanol–water partition coefficient (Wildman–Crippen LogP) is 2.42. The number of aromatic nitrogens is 1. The zero-order valence-electron chi connectivity index (χ0n) is 9.11. The van der Waals surface area contributed by atoms with E-state index in [0.717, 1.165) is 6.07 Å². The molecule has 1 aromatic heterocycles. The van der Waals surface area contributed by atoms with Crippen LogP contribution >= 0.6 is 0 Å². The first-order valence-corrected chi connectivity index (χ1v) is 4.77. The van der Waals surface area contributed by atoms with Gasteiger partial charge in [-0.3, -0.25) is 10.1 Å². The minimum absolute atomic E-state index is 0.0590. The van der Waals surface area contributed by atoms with Gasteiger partial charge in [-0.2, -0.15) is 4.39 Å². The Hall–Kier alpha value is -2.51. The highest BCUT2D eigenvalue weighted by Crippen LogP contribution is 2.33. The maximum Gasteiger partial charge on any atom is 0.308 e. The first-order valence-electron chi connectivity index (χ1n) is 4.77. The van der Waals surface area contributed by atoms with E-state index in [-0.39, 0.29) is 22.7 Å². The fourth-order valence-electron chi connectivity index (χ4n) is 1.48. The molecular weight excluding hydrogens is 248 g/mol. The third-order valence-electron chi connectivity index (χ3n) is 2.43. The van der Waals surface area contributed by atoms with Crippen LogP contribution < -0.4 is 5.73 Å². The first-order chi connectivity index (χ1) is 8.41. The smallest absolute Gasteiger partial charge is 0.308 e. The molecule has 1 aromatic carbocycles. The fraction of sp³-hybridized carbons (Fsp3) is 0.100. The van der Waals surface area contributed by atoms with Gasteiger partial charge in [0.25, 0.3) is 0 Å². The lowest BCUT2D eigenvalue weighted by atomic mass is 10.1. The molecule has 8 heteroatoms. The van der Waals surface area contributed by atoms with E-state index in [0.29, 0.717) is 6.07 Å². The average Bonchev–Trinajstić information content (AvgIpc) is 2.62. The first kappa shape index (κ1) is 12.0. The standard InChI is InChI=1S/C10H7F2N3O3/c1-4-9(14-18-10(4)13)6-2-5(11)3-7(8(6)12)15(16)17/h2-3H,13H2,1H3. The zero-order valence-corrected chi connectivity index (χ0v) is 9.11. The molecule has 0 aliphatic rings. The summed E-state index contributed by atoms with van der Waals surface area (Å²) in [5.41, 5.74) is 4.28. The van der Waals surface area contributed by atoms with Gasteiger partial charge in [0.15, 0.2) is 0 Å². The van der Waals surface area contributed by atoms with Gasteiger partial charge in [0, 0.05) is 11.1 Å². The van der Waals surface area contributed by atoms with Crippen LogP contribution in [0.2, 0.25) is 0 Å². The second kappa shape index (κ2) is 4.06. The van der Waals surface area contributed by atoms with Gasteiger partial charge < -0.3 is 10.3 Å². The molecule has 0 radical (unpaired) electrons. The minimum Gasteiger partial charge on any atom is -0.367 e. The third-order valence-corrected chi connectivity index (χ3v) is 2.43. The Morgan fingerprint density at radius 2 is 2.11 bits per heavy atom. The summed E-state index contributed by atoms with van der Waals surface area (Å²) in [5.74, 6) is -2.19. The molecule has 6 nitrogen and oxygen atoms in total. The molecule has 2 N–H and O–H groups in total. The van der Waals surface area contributed by atoms with E-state index in [1.807, 2.05) is 0 Å². The maximum atomic E-state index is 13.8. The van der Waals surface area contributed by atoms with Crippen molar-refractivity contribution in [2.24, 2.45) is 0 Å². The number of nitro groups is 1. The number of nitrogens with zero attached hydrogens (tertiary/aromatic N) is 2. The summed E-state index contributed by atoms with van der Waals surface area (Å²) in [4.78, 5) is 9.56. The lowest BCUT2D eigenvalue weighted by molar-refractivity contribution is -0.387. The van der Waals surface area contributed by atoms with E-state index in [9.17, 15) is 18.9 Å². The molecule has 0 amide bonds. The molecule has 94 valence electrons. The van der Waals surface area contributed by atoms with Crippen LogP contribution in [0.25, 0.3) is 11.3 Å². The third kappa shape index (κ3) is 1.77. The van der Waals surface area contributed by atoms with Crippen molar-refractivity contribution < 1.29 is 18.2 Å². The number of nitro benzene ring substituents is 1. The van der Waals surface area contributed by atoms with Crippen molar-refractivity contribution >= 4 is 11.6 Å². The zero-order chi connectivity index (χ0) is 13.4. The second-order valence-electron chi connectivity index (χ2n) is 3.56. The van der Waals surface area contributed by atoms with Gasteiger partial charge in [-0.05, 0) is 13.0 Å². The van der Waals surface area contributed by atoms with Gasteiger partial charge in [0.1, 0.15) is 11.5 Å². The van der Waals surface area contributed by atoms with Crippen LogP contribution in [-0.2, 0) is 0 Å². The maximum absolute atomic E-state index is 13.8. The van der Waals surface area contributed by atoms with Crippen molar-refractivity contribution in [1.82, 2.24) is 5.16 Å². The quantitative estimate of drug-likeness (QED) is 0.656. The molecule has 0 atom stereocenters. The van der Waals surface area contributed by atoms with Gasteiger partial charge in [-0.1, -0.05) is 5.16 Å². The summed E-state index contributed by atoms with van der Waals surface area (Å²) in [5, 5.41) is 14.0. The molecule has 0 saturated carbocycles. The monoisotopic (exact) mass is 255 g/mol. The number of benzene rings is 1. The molecule has 2 aromatic rings. The Kier molecular flexibility index (Phi) is 2.70. The van der Waals surface area contributed by atoms with E-state index in [1.165, 1.54) is 6.92 Å². The largest absolute Gasteiger partial charge is 0.367 e. The van der Waals surface area contributed by atoms with Crippen molar-refractivity contribution in [2.45, 2.75) is 6.92 Å². The van der Waals surface area contributed by atoms with Gasteiger partial charge >= 0.3 is 5.69 Å². The van der Waals surface area contributed by atoms with Crippen molar-refractivity contribution in [3.63, 3.8) is 0 Å². The predicted molar refractivity (Wildman–Crippen MR) is 57.7 cm³/mol. The molecule has 1 heterocycles. The number of nitrogen functional groups attached to an aromatic ring is 1. The Morgan fingerprint density at radius 3 is 2.61 bits per heavy atom. The number of hydrogen-bond acceptors (Lipinski definition) is 5. The summed E-state index contributed by atoms with van der Waals surface area (Å²) in [6.07, 6.45) is 0. The Labute approximate surface area is 99.1 Å². The van der Waals surface area contributed by atoms with Crippen molar-refractivity contribution in [3.05, 3.63) is 39.4 Å². The molecule has 0 aliphatic carbocycles. The van der Waals surface area contributed by atoms with Crippen molar-refractivity contribution in [2.75, 3.05) is 5.73 Å². The number of anilines is 1. The second-order valence-corrected chi connectivity index (χ2v) is 3.56. The van der Waals surface area contributed by atoms with Crippen LogP contribution in [-0.4, -0.2) is 10.1 Å². The summed E-state index contributed by atoms with van der Waals surface area (Å²) in [7, 11) is 0. The number of rotatable bonds is 2. The van der Waals surface area contributed by atoms with E-state index < -0.39 is 22.2 Å². The number of halogens is 2. The summed E-state index contributed by atoms with van der Waals surface area (Å²) < 4.78 is 31.7. The summed E-state index contributed by atoms with van der Waals surface area (Å²) in [6.45, 7) is 1.48. The Bertz CT molecular complexity index is 640. The van der Waals surface area contributed by atoms with E-state index in [4.69, 9.17) is 5.73 Å². The lowest BCUT2D eigenvalue weighted by Gasteiger charge is -2.01. The Balaban J connectivity index is 2.72. The summed E-state index contributed by atoms with van der Waals surface area (Å²) >= 11 is 0. The molecule has 0 unspecified atom stereocenters. The Morgan fingerprint density at radius 1 is 1.44 bits per heavy atom. The van der Waals surface area contributed by atoms with Gasteiger partial charge in [-0.15, -0.1) is 0 Å². The lowest BCUT2D eigenvalue weighted by Crippen LogP contribution is -1.97. The minimum atomic E-state index is -1.18. The molecular formula is C10H7F2N3O3. The molecule has 0 spiro atoms. The molecule has 0 bridgehead atoms. The van der Waals surface area contributed by atoms with Crippen LogP contribution in [0.4, 0.5) is 20.4 Å². The van der Waals surface area contributed by atoms with E-state index in [2.05, 4.69) is 9.68 Å². The van der Waals surface area contributed by atoms with Crippen LogP contribution in [0.1, 0.15) is 5.56 Å².